The molecule has 0 bridgehead atoms. The molecule has 0 spiro atoms. The predicted molar refractivity (Wildman–Crippen MR) is 85.3 cm³/mol. The first-order valence-corrected chi connectivity index (χ1v) is 7.52. The maximum atomic E-state index is 12.4. The molecule has 0 saturated carbocycles. The number of nitrogens with one attached hydrogen (secondary N) is 1. The van der Waals surface area contributed by atoms with Crippen LogP contribution < -0.4 is 15.8 Å². The average molecular weight is 347 g/mol. The molecule has 2 aromatic rings. The molecule has 2 aromatic carbocycles. The van der Waals surface area contributed by atoms with Gasteiger partial charge in [0.25, 0.3) is 5.91 Å². The summed E-state index contributed by atoms with van der Waals surface area (Å²) in [5.74, 6) is 0.659. The number of ether oxygens (including phenoxy) is 1. The molecule has 0 fully saturated rings. The van der Waals surface area contributed by atoms with E-state index in [0.29, 0.717) is 17.9 Å². The Balaban J connectivity index is 1.84. The van der Waals surface area contributed by atoms with Crippen LogP contribution in [0.2, 0.25) is 0 Å². The van der Waals surface area contributed by atoms with Crippen LogP contribution in [-0.4, -0.2) is 12.5 Å². The molecule has 4 nitrogen and oxygen atoms in total. The summed E-state index contributed by atoms with van der Waals surface area (Å²) in [6, 6.07) is 13.0. The van der Waals surface area contributed by atoms with Crippen molar-refractivity contribution in [2.24, 2.45) is 0 Å². The lowest BCUT2D eigenvalue weighted by Crippen LogP contribution is -2.32. The molecular weight excluding hydrogens is 332 g/mol. The van der Waals surface area contributed by atoms with Gasteiger partial charge in [-0.2, -0.15) is 0 Å². The number of nitrogen functional groups attached to an aromatic ring is 1. The van der Waals surface area contributed by atoms with Crippen LogP contribution in [0.4, 0.5) is 5.69 Å². The highest BCUT2D eigenvalue weighted by Crippen LogP contribution is 2.32. The second kappa shape index (κ2) is 5.77. The van der Waals surface area contributed by atoms with E-state index in [1.165, 1.54) is 0 Å². The number of fused-ring (bicyclic) bond motifs is 1. The summed E-state index contributed by atoms with van der Waals surface area (Å²) in [6.07, 6.45) is 0.747. The van der Waals surface area contributed by atoms with Crippen molar-refractivity contribution in [3.8, 4) is 5.75 Å². The number of amides is 1. The normalized spacial score (nSPS) is 16.7. The van der Waals surface area contributed by atoms with E-state index in [4.69, 9.17) is 10.5 Å². The lowest BCUT2D eigenvalue weighted by Gasteiger charge is -2.26. The average Bonchev–Trinajstić information content (AvgIpc) is 2.50. The van der Waals surface area contributed by atoms with Crippen molar-refractivity contribution in [2.75, 3.05) is 12.3 Å². The molecule has 0 radical (unpaired) electrons. The quantitative estimate of drug-likeness (QED) is 0.820. The van der Waals surface area contributed by atoms with Crippen LogP contribution >= 0.6 is 15.9 Å². The number of nitrogens with two attached hydrogens (primary N) is 1. The molecule has 5 heteroatoms. The van der Waals surface area contributed by atoms with Gasteiger partial charge in [0, 0.05) is 22.1 Å². The minimum atomic E-state index is -0.171. The van der Waals surface area contributed by atoms with Crippen molar-refractivity contribution >= 4 is 27.5 Å². The monoisotopic (exact) mass is 346 g/mol. The van der Waals surface area contributed by atoms with Crippen molar-refractivity contribution in [1.29, 1.82) is 0 Å². The van der Waals surface area contributed by atoms with Crippen molar-refractivity contribution in [3.05, 3.63) is 58.1 Å². The Morgan fingerprint density at radius 3 is 2.95 bits per heavy atom. The molecule has 1 heterocycles. The topological polar surface area (TPSA) is 64.4 Å². The summed E-state index contributed by atoms with van der Waals surface area (Å²) in [5, 5.41) is 3.04. The maximum Gasteiger partial charge on any atom is 0.253 e. The van der Waals surface area contributed by atoms with E-state index < -0.39 is 0 Å². The first-order chi connectivity index (χ1) is 10.1. The molecule has 0 aliphatic carbocycles. The summed E-state index contributed by atoms with van der Waals surface area (Å²) in [6.45, 7) is 0.593. The van der Waals surface area contributed by atoms with Gasteiger partial charge in [0.15, 0.2) is 0 Å². The fourth-order valence-corrected chi connectivity index (χ4v) is 2.81. The summed E-state index contributed by atoms with van der Waals surface area (Å²) >= 11 is 3.36. The van der Waals surface area contributed by atoms with E-state index >= 15 is 0 Å². The van der Waals surface area contributed by atoms with Crippen molar-refractivity contribution < 1.29 is 9.53 Å². The molecule has 3 N–H and O–H groups in total. The number of hydrogen-bond donors (Lipinski definition) is 2. The minimum Gasteiger partial charge on any atom is -0.493 e. The molecule has 1 unspecified atom stereocenters. The smallest absolute Gasteiger partial charge is 0.253 e. The Labute approximate surface area is 131 Å². The van der Waals surface area contributed by atoms with Crippen molar-refractivity contribution in [1.82, 2.24) is 5.32 Å². The van der Waals surface area contributed by atoms with Crippen LogP contribution in [-0.2, 0) is 0 Å². The summed E-state index contributed by atoms with van der Waals surface area (Å²) < 4.78 is 6.43. The largest absolute Gasteiger partial charge is 0.493 e. The first kappa shape index (κ1) is 13.9. The zero-order valence-corrected chi connectivity index (χ0v) is 12.9. The van der Waals surface area contributed by atoms with Gasteiger partial charge in [-0.3, -0.25) is 4.79 Å². The number of anilines is 1. The first-order valence-electron chi connectivity index (χ1n) is 6.73. The van der Waals surface area contributed by atoms with E-state index in [1.54, 1.807) is 12.1 Å². The summed E-state index contributed by atoms with van der Waals surface area (Å²) in [4.78, 5) is 12.4. The standard InChI is InChI=1S/C16H15BrN2O2/c17-10-5-6-13(18)12(9-10)16(20)19-14-7-8-21-15-4-2-1-3-11(14)15/h1-6,9,14H,7-8,18H2,(H,19,20). The van der Waals surface area contributed by atoms with E-state index in [0.717, 1.165) is 22.2 Å². The second-order valence-corrected chi connectivity index (χ2v) is 5.85. The molecule has 0 saturated heterocycles. The number of rotatable bonds is 2. The van der Waals surface area contributed by atoms with Gasteiger partial charge in [-0.15, -0.1) is 0 Å². The summed E-state index contributed by atoms with van der Waals surface area (Å²) in [5.41, 5.74) is 7.84. The van der Waals surface area contributed by atoms with Gasteiger partial charge in [0.1, 0.15) is 5.75 Å². The van der Waals surface area contributed by atoms with Gasteiger partial charge in [-0.25, -0.2) is 0 Å². The zero-order chi connectivity index (χ0) is 14.8. The van der Waals surface area contributed by atoms with E-state index in [-0.39, 0.29) is 11.9 Å². The Hall–Kier alpha value is -2.01. The molecule has 1 aliphatic heterocycles. The van der Waals surface area contributed by atoms with Crippen LogP contribution in [0.1, 0.15) is 28.4 Å². The highest BCUT2D eigenvalue weighted by atomic mass is 79.9. The molecule has 21 heavy (non-hydrogen) atoms. The molecule has 0 aromatic heterocycles. The lowest BCUT2D eigenvalue weighted by molar-refractivity contribution is 0.0925. The van der Waals surface area contributed by atoms with E-state index in [2.05, 4.69) is 21.2 Å². The number of carbonyl (C=O) groups excluding carboxylic acids is 1. The highest BCUT2D eigenvalue weighted by Gasteiger charge is 2.23. The molecule has 108 valence electrons. The van der Waals surface area contributed by atoms with Crippen LogP contribution in [0, 0.1) is 0 Å². The van der Waals surface area contributed by atoms with E-state index in [9.17, 15) is 4.79 Å². The van der Waals surface area contributed by atoms with Crippen LogP contribution in [0.15, 0.2) is 46.9 Å². The number of benzene rings is 2. The Morgan fingerprint density at radius 2 is 2.10 bits per heavy atom. The van der Waals surface area contributed by atoms with Gasteiger partial charge < -0.3 is 15.8 Å². The van der Waals surface area contributed by atoms with Crippen LogP contribution in [0.5, 0.6) is 5.75 Å². The van der Waals surface area contributed by atoms with Crippen molar-refractivity contribution in [3.63, 3.8) is 0 Å². The third kappa shape index (κ3) is 2.88. The number of carbonyl (C=O) groups is 1. The third-order valence-electron chi connectivity index (χ3n) is 3.52. The van der Waals surface area contributed by atoms with Gasteiger partial charge in [0.05, 0.1) is 18.2 Å². The Morgan fingerprint density at radius 1 is 1.29 bits per heavy atom. The number of para-hydroxylation sites is 1. The van der Waals surface area contributed by atoms with Crippen molar-refractivity contribution in [2.45, 2.75) is 12.5 Å². The second-order valence-electron chi connectivity index (χ2n) is 4.93. The zero-order valence-electron chi connectivity index (χ0n) is 11.3. The molecule has 3 rings (SSSR count). The minimum absolute atomic E-state index is 0.0548. The fraction of sp³-hybridized carbons (Fsp3) is 0.188. The van der Waals surface area contributed by atoms with Gasteiger partial charge in [-0.1, -0.05) is 34.1 Å². The van der Waals surface area contributed by atoms with Crippen LogP contribution in [0.3, 0.4) is 0 Å². The van der Waals surface area contributed by atoms with Gasteiger partial charge in [0.2, 0.25) is 0 Å². The lowest BCUT2D eigenvalue weighted by atomic mass is 10.00. The molecule has 1 atom stereocenters. The molecular formula is C16H15BrN2O2. The number of hydrogen-bond acceptors (Lipinski definition) is 3. The summed E-state index contributed by atoms with van der Waals surface area (Å²) in [7, 11) is 0. The molecule has 1 aliphatic rings. The maximum absolute atomic E-state index is 12.4. The third-order valence-corrected chi connectivity index (χ3v) is 4.02. The van der Waals surface area contributed by atoms with E-state index in [1.807, 2.05) is 30.3 Å². The number of halogens is 1. The predicted octanol–water partition coefficient (Wildman–Crippen LogP) is 3.28. The SMILES string of the molecule is Nc1ccc(Br)cc1C(=O)NC1CCOc2ccccc21. The Kier molecular flexibility index (Phi) is 3.84. The van der Waals surface area contributed by atoms with Gasteiger partial charge in [-0.05, 0) is 24.3 Å². The molecule has 1 amide bonds. The Bertz CT molecular complexity index is 688. The fourth-order valence-electron chi connectivity index (χ4n) is 2.45. The highest BCUT2D eigenvalue weighted by molar-refractivity contribution is 9.10. The van der Waals surface area contributed by atoms with Gasteiger partial charge >= 0.3 is 0 Å². The van der Waals surface area contributed by atoms with Crippen LogP contribution in [0.25, 0.3) is 0 Å².